The van der Waals surface area contributed by atoms with Gasteiger partial charge in [-0.3, -0.25) is 0 Å². The Morgan fingerprint density at radius 2 is 1.90 bits per heavy atom. The van der Waals surface area contributed by atoms with E-state index in [9.17, 15) is 10.2 Å². The van der Waals surface area contributed by atoms with E-state index in [1.54, 1.807) is 11.3 Å². The van der Waals surface area contributed by atoms with E-state index in [0.29, 0.717) is 13.1 Å². The summed E-state index contributed by atoms with van der Waals surface area (Å²) in [7, 11) is 0. The molecule has 4 N–H and O–H groups in total. The van der Waals surface area contributed by atoms with Gasteiger partial charge in [-0.2, -0.15) is 11.3 Å². The number of aryl methyl sites for hydroxylation is 1. The molecule has 2 rings (SSSR count). The first-order chi connectivity index (χ1) is 9.67. The summed E-state index contributed by atoms with van der Waals surface area (Å²) in [6.45, 7) is 3.04. The van der Waals surface area contributed by atoms with Gasteiger partial charge < -0.3 is 20.8 Å². The van der Waals surface area contributed by atoms with Crippen LogP contribution in [-0.4, -0.2) is 36.5 Å². The maximum atomic E-state index is 9.22. The summed E-state index contributed by atoms with van der Waals surface area (Å²) in [5.41, 5.74) is 10.9. The predicted molar refractivity (Wildman–Crippen MR) is 85.3 cm³/mol. The second-order valence-electron chi connectivity index (χ2n) is 4.67. The zero-order valence-electron chi connectivity index (χ0n) is 11.5. The molecule has 0 unspecified atom stereocenters. The Morgan fingerprint density at radius 3 is 2.45 bits per heavy atom. The molecule has 0 aliphatic heterocycles. The molecule has 0 aliphatic rings. The highest BCUT2D eigenvalue weighted by atomic mass is 32.1. The van der Waals surface area contributed by atoms with Crippen molar-refractivity contribution in [1.82, 2.24) is 0 Å². The molecule has 108 valence electrons. The molecule has 0 bridgehead atoms. The first kappa shape index (κ1) is 14.8. The van der Waals surface area contributed by atoms with Gasteiger partial charge in [-0.15, -0.1) is 0 Å². The van der Waals surface area contributed by atoms with Crippen LogP contribution in [0, 0.1) is 6.92 Å². The summed E-state index contributed by atoms with van der Waals surface area (Å²) in [5.74, 6) is 0. The Kier molecular flexibility index (Phi) is 5.00. The van der Waals surface area contributed by atoms with E-state index in [1.165, 1.54) is 0 Å². The molecule has 0 radical (unpaired) electrons. The Bertz CT molecular complexity index is 549. The van der Waals surface area contributed by atoms with Gasteiger partial charge in [-0.1, -0.05) is 0 Å². The lowest BCUT2D eigenvalue weighted by Crippen LogP contribution is -2.30. The first-order valence-electron chi connectivity index (χ1n) is 6.56. The monoisotopic (exact) mass is 292 g/mol. The average Bonchev–Trinajstić information content (AvgIpc) is 2.95. The predicted octanol–water partition coefficient (Wildman–Crippen LogP) is 2.10. The van der Waals surface area contributed by atoms with Crippen molar-refractivity contribution >= 4 is 22.7 Å². The van der Waals surface area contributed by atoms with Crippen LogP contribution in [0.15, 0.2) is 29.0 Å². The van der Waals surface area contributed by atoms with E-state index in [1.807, 2.05) is 35.4 Å². The number of aliphatic hydroxyl groups is 2. The molecule has 0 fully saturated rings. The number of hydrogen-bond acceptors (Lipinski definition) is 5. The van der Waals surface area contributed by atoms with Crippen LogP contribution in [0.3, 0.4) is 0 Å². The van der Waals surface area contributed by atoms with Crippen molar-refractivity contribution in [2.75, 3.05) is 36.9 Å². The molecular weight excluding hydrogens is 272 g/mol. The molecule has 2 aromatic rings. The van der Waals surface area contributed by atoms with Gasteiger partial charge in [-0.25, -0.2) is 0 Å². The number of thiophene rings is 1. The largest absolute Gasteiger partial charge is 0.398 e. The van der Waals surface area contributed by atoms with Gasteiger partial charge >= 0.3 is 0 Å². The maximum absolute atomic E-state index is 9.22. The Morgan fingerprint density at radius 1 is 1.20 bits per heavy atom. The van der Waals surface area contributed by atoms with Gasteiger partial charge in [0.15, 0.2) is 0 Å². The molecule has 0 saturated carbocycles. The highest BCUT2D eigenvalue weighted by Crippen LogP contribution is 2.35. The van der Waals surface area contributed by atoms with E-state index in [2.05, 4.69) is 5.38 Å². The Labute approximate surface area is 123 Å². The fourth-order valence-electron chi connectivity index (χ4n) is 2.21. The summed E-state index contributed by atoms with van der Waals surface area (Å²) in [6.07, 6.45) is 0. The number of nitrogens with zero attached hydrogens (tertiary/aromatic N) is 1. The van der Waals surface area contributed by atoms with Gasteiger partial charge in [0.05, 0.1) is 13.2 Å². The normalized spacial score (nSPS) is 10.8. The van der Waals surface area contributed by atoms with Crippen LogP contribution in [0.25, 0.3) is 11.1 Å². The summed E-state index contributed by atoms with van der Waals surface area (Å²) in [5, 5.41) is 22.5. The van der Waals surface area contributed by atoms with Crippen molar-refractivity contribution in [3.63, 3.8) is 0 Å². The quantitative estimate of drug-likeness (QED) is 0.713. The summed E-state index contributed by atoms with van der Waals surface area (Å²) < 4.78 is 0. The van der Waals surface area contributed by atoms with Crippen LogP contribution in [-0.2, 0) is 0 Å². The van der Waals surface area contributed by atoms with E-state index in [4.69, 9.17) is 5.73 Å². The third-order valence-corrected chi connectivity index (χ3v) is 3.98. The van der Waals surface area contributed by atoms with Crippen molar-refractivity contribution < 1.29 is 10.2 Å². The molecular formula is C15H20N2O2S. The SMILES string of the molecule is Cc1cc(N(CCO)CCO)c(-c2ccsc2)cc1N. The summed E-state index contributed by atoms with van der Waals surface area (Å²) in [6, 6.07) is 6.04. The minimum absolute atomic E-state index is 0.0481. The van der Waals surface area contributed by atoms with Gasteiger partial charge in [0.25, 0.3) is 0 Å². The molecule has 5 heteroatoms. The van der Waals surface area contributed by atoms with Crippen molar-refractivity contribution in [2.24, 2.45) is 0 Å². The Balaban J connectivity index is 2.51. The maximum Gasteiger partial charge on any atom is 0.0606 e. The highest BCUT2D eigenvalue weighted by molar-refractivity contribution is 7.08. The van der Waals surface area contributed by atoms with E-state index in [0.717, 1.165) is 28.1 Å². The van der Waals surface area contributed by atoms with Crippen molar-refractivity contribution in [3.05, 3.63) is 34.5 Å². The zero-order valence-corrected chi connectivity index (χ0v) is 12.4. The molecule has 4 nitrogen and oxygen atoms in total. The van der Waals surface area contributed by atoms with Crippen molar-refractivity contribution in [2.45, 2.75) is 6.92 Å². The zero-order chi connectivity index (χ0) is 14.5. The molecule has 1 heterocycles. The second kappa shape index (κ2) is 6.74. The third kappa shape index (κ3) is 3.12. The number of aliphatic hydroxyl groups excluding tert-OH is 2. The Hall–Kier alpha value is -1.56. The number of anilines is 2. The van der Waals surface area contributed by atoms with E-state index >= 15 is 0 Å². The fraction of sp³-hybridized carbons (Fsp3) is 0.333. The topological polar surface area (TPSA) is 69.7 Å². The van der Waals surface area contributed by atoms with Crippen LogP contribution in [0.4, 0.5) is 11.4 Å². The van der Waals surface area contributed by atoms with Gasteiger partial charge in [0, 0.05) is 30.0 Å². The van der Waals surface area contributed by atoms with Gasteiger partial charge in [0.2, 0.25) is 0 Å². The number of rotatable bonds is 6. The third-order valence-electron chi connectivity index (χ3n) is 3.30. The number of hydrogen-bond donors (Lipinski definition) is 3. The minimum atomic E-state index is 0.0481. The molecule has 20 heavy (non-hydrogen) atoms. The fourth-order valence-corrected chi connectivity index (χ4v) is 2.87. The molecule has 0 atom stereocenters. The van der Waals surface area contributed by atoms with E-state index < -0.39 is 0 Å². The molecule has 1 aromatic heterocycles. The van der Waals surface area contributed by atoms with Crippen molar-refractivity contribution in [1.29, 1.82) is 0 Å². The standard InChI is InChI=1S/C15H20N2O2S/c1-11-8-15(17(3-5-18)4-6-19)13(9-14(11)16)12-2-7-20-10-12/h2,7-10,18-19H,3-6,16H2,1H3. The molecule has 0 spiro atoms. The number of nitrogen functional groups attached to an aromatic ring is 1. The molecule has 0 amide bonds. The van der Waals surface area contributed by atoms with E-state index in [-0.39, 0.29) is 13.2 Å². The lowest BCUT2D eigenvalue weighted by atomic mass is 10.0. The summed E-state index contributed by atoms with van der Waals surface area (Å²) in [4.78, 5) is 1.99. The van der Waals surface area contributed by atoms with Gasteiger partial charge in [0.1, 0.15) is 0 Å². The number of nitrogens with two attached hydrogens (primary N) is 1. The highest BCUT2D eigenvalue weighted by Gasteiger charge is 2.14. The smallest absolute Gasteiger partial charge is 0.0606 e. The van der Waals surface area contributed by atoms with Crippen molar-refractivity contribution in [3.8, 4) is 11.1 Å². The van der Waals surface area contributed by atoms with Crippen LogP contribution in [0.2, 0.25) is 0 Å². The molecule has 0 aliphatic carbocycles. The van der Waals surface area contributed by atoms with Crippen LogP contribution < -0.4 is 10.6 Å². The van der Waals surface area contributed by atoms with Crippen LogP contribution in [0.1, 0.15) is 5.56 Å². The second-order valence-corrected chi connectivity index (χ2v) is 5.45. The average molecular weight is 292 g/mol. The number of benzene rings is 1. The first-order valence-corrected chi connectivity index (χ1v) is 7.51. The van der Waals surface area contributed by atoms with Crippen LogP contribution >= 0.6 is 11.3 Å². The summed E-state index contributed by atoms with van der Waals surface area (Å²) >= 11 is 1.63. The lowest BCUT2D eigenvalue weighted by Gasteiger charge is -2.26. The van der Waals surface area contributed by atoms with Crippen LogP contribution in [0.5, 0.6) is 0 Å². The molecule has 1 aromatic carbocycles. The lowest BCUT2D eigenvalue weighted by molar-refractivity contribution is 0.281. The molecule has 0 saturated heterocycles. The van der Waals surface area contributed by atoms with Gasteiger partial charge in [-0.05, 0) is 47.0 Å². The minimum Gasteiger partial charge on any atom is -0.398 e.